The zero-order valence-electron chi connectivity index (χ0n) is 12.1. The fourth-order valence-corrected chi connectivity index (χ4v) is 1.62. The molecule has 0 fully saturated rings. The lowest BCUT2D eigenvalue weighted by atomic mass is 10.1. The number of amides is 1. The first-order valence-electron chi connectivity index (χ1n) is 6.41. The number of rotatable bonds is 4. The van der Waals surface area contributed by atoms with Crippen LogP contribution in [0, 0.1) is 0 Å². The maximum absolute atomic E-state index is 12.0. The van der Waals surface area contributed by atoms with E-state index >= 15 is 0 Å². The van der Waals surface area contributed by atoms with Crippen molar-refractivity contribution in [3.63, 3.8) is 0 Å². The van der Waals surface area contributed by atoms with Gasteiger partial charge < -0.3 is 4.74 Å². The molecule has 2 rings (SSSR count). The van der Waals surface area contributed by atoms with Crippen molar-refractivity contribution < 1.29 is 14.3 Å². The number of nitrogens with zero attached hydrogens (tertiary/aromatic N) is 3. The van der Waals surface area contributed by atoms with Crippen LogP contribution in [0.1, 0.15) is 33.3 Å². The highest BCUT2D eigenvalue weighted by atomic mass is 16.5. The number of methoxy groups -OCH3 is 1. The minimum Gasteiger partial charge on any atom is -0.465 e. The topological polar surface area (TPSA) is 93.5 Å². The summed E-state index contributed by atoms with van der Waals surface area (Å²) in [6, 6.07) is 6.07. The van der Waals surface area contributed by atoms with Crippen LogP contribution < -0.4 is 5.43 Å². The van der Waals surface area contributed by atoms with Gasteiger partial charge in [-0.3, -0.25) is 14.8 Å². The average molecular weight is 298 g/mol. The lowest BCUT2D eigenvalue weighted by Gasteiger charge is -2.03. The first-order valence-corrected chi connectivity index (χ1v) is 6.41. The number of carbonyl (C=O) groups excluding carboxylic acids is 2. The Hall–Kier alpha value is -3.09. The van der Waals surface area contributed by atoms with Gasteiger partial charge in [-0.15, -0.1) is 0 Å². The van der Waals surface area contributed by atoms with E-state index < -0.39 is 5.97 Å². The average Bonchev–Trinajstić information content (AvgIpc) is 2.59. The number of hydrogen-bond donors (Lipinski definition) is 1. The first-order chi connectivity index (χ1) is 10.6. The van der Waals surface area contributed by atoms with Crippen molar-refractivity contribution in [2.45, 2.75) is 6.92 Å². The Morgan fingerprint density at radius 2 is 1.82 bits per heavy atom. The quantitative estimate of drug-likeness (QED) is 0.523. The summed E-state index contributed by atoms with van der Waals surface area (Å²) in [6.07, 6.45) is 4.65. The van der Waals surface area contributed by atoms with E-state index in [9.17, 15) is 9.59 Å². The zero-order valence-corrected chi connectivity index (χ0v) is 12.1. The summed E-state index contributed by atoms with van der Waals surface area (Å²) < 4.78 is 4.59. The maximum atomic E-state index is 12.0. The molecular formula is C15H14N4O3. The fraction of sp³-hybridized carbons (Fsp3) is 0.133. The smallest absolute Gasteiger partial charge is 0.337 e. The number of hydrogen-bond acceptors (Lipinski definition) is 6. The molecule has 7 heteroatoms. The van der Waals surface area contributed by atoms with E-state index in [1.54, 1.807) is 25.5 Å². The Morgan fingerprint density at radius 3 is 2.41 bits per heavy atom. The fourth-order valence-electron chi connectivity index (χ4n) is 1.62. The summed E-state index contributed by atoms with van der Waals surface area (Å²) in [5, 5.41) is 3.97. The van der Waals surface area contributed by atoms with Crippen LogP contribution in [0.15, 0.2) is 48.0 Å². The first kappa shape index (κ1) is 15.3. The van der Waals surface area contributed by atoms with Crippen LogP contribution in [0.2, 0.25) is 0 Å². The van der Waals surface area contributed by atoms with Gasteiger partial charge >= 0.3 is 5.97 Å². The van der Waals surface area contributed by atoms with E-state index in [4.69, 9.17) is 0 Å². The third-order valence-corrected chi connectivity index (χ3v) is 2.83. The van der Waals surface area contributed by atoms with Gasteiger partial charge in [0.05, 0.1) is 24.6 Å². The second kappa shape index (κ2) is 7.07. The van der Waals surface area contributed by atoms with Gasteiger partial charge in [0, 0.05) is 18.0 Å². The van der Waals surface area contributed by atoms with Crippen LogP contribution in [0.5, 0.6) is 0 Å². The Balaban J connectivity index is 2.05. The molecule has 1 aromatic heterocycles. The van der Waals surface area contributed by atoms with E-state index in [0.717, 1.165) is 0 Å². The van der Waals surface area contributed by atoms with Crippen molar-refractivity contribution in [1.29, 1.82) is 0 Å². The molecule has 0 unspecified atom stereocenters. The molecule has 0 saturated heterocycles. The molecule has 1 N–H and O–H groups in total. The third-order valence-electron chi connectivity index (χ3n) is 2.83. The molecular weight excluding hydrogens is 284 g/mol. The van der Waals surface area contributed by atoms with E-state index in [-0.39, 0.29) is 5.91 Å². The van der Waals surface area contributed by atoms with Crippen molar-refractivity contribution in [3.05, 3.63) is 59.7 Å². The Labute approximate surface area is 127 Å². The lowest BCUT2D eigenvalue weighted by molar-refractivity contribution is 0.0600. The number of nitrogens with one attached hydrogen (secondary N) is 1. The van der Waals surface area contributed by atoms with Crippen molar-refractivity contribution in [2.75, 3.05) is 7.11 Å². The molecule has 1 heterocycles. The van der Waals surface area contributed by atoms with E-state index in [1.807, 2.05) is 0 Å². The second-order valence-corrected chi connectivity index (χ2v) is 4.30. The van der Waals surface area contributed by atoms with Crippen LogP contribution in [-0.2, 0) is 4.74 Å². The van der Waals surface area contributed by atoms with Gasteiger partial charge in [0.2, 0.25) is 0 Å². The summed E-state index contributed by atoms with van der Waals surface area (Å²) in [7, 11) is 1.30. The second-order valence-electron chi connectivity index (χ2n) is 4.30. The maximum Gasteiger partial charge on any atom is 0.337 e. The van der Waals surface area contributed by atoms with Crippen molar-refractivity contribution in [2.24, 2.45) is 5.10 Å². The largest absolute Gasteiger partial charge is 0.465 e. The van der Waals surface area contributed by atoms with Crippen LogP contribution in [0.4, 0.5) is 0 Å². The SMILES string of the molecule is COC(=O)c1ccc(C(=O)N/N=C(\C)c2cnccn2)cc1. The monoisotopic (exact) mass is 298 g/mol. The minimum absolute atomic E-state index is 0.373. The van der Waals surface area contributed by atoms with E-state index in [0.29, 0.717) is 22.5 Å². The predicted molar refractivity (Wildman–Crippen MR) is 79.5 cm³/mol. The molecule has 7 nitrogen and oxygen atoms in total. The summed E-state index contributed by atoms with van der Waals surface area (Å²) in [5.74, 6) is -0.844. The Morgan fingerprint density at radius 1 is 1.14 bits per heavy atom. The molecule has 2 aromatic rings. The molecule has 1 amide bonds. The van der Waals surface area contributed by atoms with Gasteiger partial charge in [-0.1, -0.05) is 0 Å². The van der Waals surface area contributed by atoms with Crippen LogP contribution in [0.25, 0.3) is 0 Å². The van der Waals surface area contributed by atoms with Crippen LogP contribution in [0.3, 0.4) is 0 Å². The van der Waals surface area contributed by atoms with Crippen molar-refractivity contribution in [3.8, 4) is 0 Å². The molecule has 0 saturated carbocycles. The molecule has 0 atom stereocenters. The van der Waals surface area contributed by atoms with Gasteiger partial charge in [-0.2, -0.15) is 5.10 Å². The number of carbonyl (C=O) groups is 2. The van der Waals surface area contributed by atoms with Gasteiger partial charge in [0.15, 0.2) is 0 Å². The number of benzene rings is 1. The summed E-state index contributed by atoms with van der Waals surface area (Å²) in [4.78, 5) is 31.3. The number of esters is 1. The molecule has 0 aliphatic rings. The van der Waals surface area contributed by atoms with Crippen LogP contribution >= 0.6 is 0 Å². The highest BCUT2D eigenvalue weighted by Crippen LogP contribution is 2.06. The highest BCUT2D eigenvalue weighted by molar-refractivity contribution is 6.00. The molecule has 0 radical (unpaired) electrons. The number of aromatic nitrogens is 2. The van der Waals surface area contributed by atoms with Crippen molar-refractivity contribution in [1.82, 2.24) is 15.4 Å². The summed E-state index contributed by atoms with van der Waals surface area (Å²) >= 11 is 0. The molecule has 22 heavy (non-hydrogen) atoms. The van der Waals surface area contributed by atoms with Crippen LogP contribution in [-0.4, -0.2) is 34.7 Å². The summed E-state index contributed by atoms with van der Waals surface area (Å²) in [6.45, 7) is 1.71. The molecule has 112 valence electrons. The predicted octanol–water partition coefficient (Wildman–Crippen LogP) is 1.42. The molecule has 0 aliphatic heterocycles. The zero-order chi connectivity index (χ0) is 15.9. The molecule has 0 spiro atoms. The normalized spacial score (nSPS) is 10.9. The number of hydrazone groups is 1. The number of ether oxygens (including phenoxy) is 1. The molecule has 1 aromatic carbocycles. The van der Waals surface area contributed by atoms with Gasteiger partial charge in [-0.05, 0) is 31.2 Å². The molecule has 0 bridgehead atoms. The Kier molecular flexibility index (Phi) is 4.92. The highest BCUT2D eigenvalue weighted by Gasteiger charge is 2.08. The standard InChI is InChI=1S/C15H14N4O3/c1-10(13-9-16-7-8-17-13)18-19-14(20)11-3-5-12(6-4-11)15(21)22-2/h3-9H,1-2H3,(H,19,20)/b18-10+. The molecule has 0 aliphatic carbocycles. The van der Waals surface area contributed by atoms with Crippen molar-refractivity contribution >= 4 is 17.6 Å². The van der Waals surface area contributed by atoms with E-state index in [1.165, 1.54) is 31.4 Å². The van der Waals surface area contributed by atoms with Gasteiger partial charge in [0.25, 0.3) is 5.91 Å². The summed E-state index contributed by atoms with van der Waals surface area (Å²) in [5.41, 5.74) is 4.28. The minimum atomic E-state index is -0.455. The van der Waals surface area contributed by atoms with Gasteiger partial charge in [-0.25, -0.2) is 10.2 Å². The van der Waals surface area contributed by atoms with Gasteiger partial charge in [0.1, 0.15) is 5.69 Å². The Bertz CT molecular complexity index is 696. The lowest BCUT2D eigenvalue weighted by Crippen LogP contribution is -2.19. The third kappa shape index (κ3) is 3.72. The van der Waals surface area contributed by atoms with E-state index in [2.05, 4.69) is 25.2 Å².